The Kier molecular flexibility index (Phi) is 5.64. The van der Waals surface area contributed by atoms with Gasteiger partial charge in [-0.3, -0.25) is 0 Å². The molecule has 0 spiro atoms. The van der Waals surface area contributed by atoms with Crippen LogP contribution in [0, 0.1) is 0 Å². The van der Waals surface area contributed by atoms with Crippen LogP contribution in [0.3, 0.4) is 0 Å². The number of hydrogen-bond acceptors (Lipinski definition) is 4. The van der Waals surface area contributed by atoms with Crippen LogP contribution in [0.2, 0.25) is 0 Å². The Morgan fingerprint density at radius 3 is 1.71 bits per heavy atom. The normalized spacial score (nSPS) is 11.4. The van der Waals surface area contributed by atoms with Gasteiger partial charge in [0.2, 0.25) is 0 Å². The number of nitrogens with zero attached hydrogens (tertiary/aromatic N) is 3. The van der Waals surface area contributed by atoms with Crippen molar-refractivity contribution in [1.82, 2.24) is 15.0 Å². The molecule has 0 radical (unpaired) electrons. The number of hydrogen-bond donors (Lipinski definition) is 0. The van der Waals surface area contributed by atoms with Crippen molar-refractivity contribution in [3.63, 3.8) is 0 Å². The average molecular weight is 542 g/mol. The van der Waals surface area contributed by atoms with Crippen LogP contribution in [0.4, 0.5) is 0 Å². The van der Waals surface area contributed by atoms with Crippen LogP contribution < -0.4 is 0 Å². The van der Waals surface area contributed by atoms with E-state index in [0.717, 1.165) is 27.6 Å². The van der Waals surface area contributed by atoms with E-state index < -0.39 is 0 Å². The van der Waals surface area contributed by atoms with Crippen LogP contribution in [0.5, 0.6) is 0 Å². The number of thiophene rings is 1. The molecule has 0 aliphatic rings. The second-order valence-corrected chi connectivity index (χ2v) is 11.2. The van der Waals surface area contributed by atoms with Crippen LogP contribution in [0.15, 0.2) is 140 Å². The SMILES string of the molecule is c1ccc(-c2ccc(-c3nc(-c4ccccc4)nc(-c4cccc5cc6c(cc45)sc4ccccc46)n3)cc2)cc1. The van der Waals surface area contributed by atoms with Crippen molar-refractivity contribution in [2.75, 3.05) is 0 Å². The molecule has 0 amide bonds. The summed E-state index contributed by atoms with van der Waals surface area (Å²) in [5.41, 5.74) is 5.27. The maximum Gasteiger partial charge on any atom is 0.164 e. The Hall–Kier alpha value is -5.19. The van der Waals surface area contributed by atoms with Crippen LogP contribution in [0.25, 0.3) is 76.2 Å². The number of aromatic nitrogens is 3. The van der Waals surface area contributed by atoms with Gasteiger partial charge in [0.15, 0.2) is 17.5 Å². The fourth-order valence-electron chi connectivity index (χ4n) is 5.48. The van der Waals surface area contributed by atoms with Crippen molar-refractivity contribution in [1.29, 1.82) is 0 Å². The van der Waals surface area contributed by atoms with E-state index in [9.17, 15) is 0 Å². The predicted molar refractivity (Wildman–Crippen MR) is 172 cm³/mol. The quantitative estimate of drug-likeness (QED) is 0.222. The molecule has 3 nitrogen and oxygen atoms in total. The van der Waals surface area contributed by atoms with Gasteiger partial charge in [0.25, 0.3) is 0 Å². The van der Waals surface area contributed by atoms with Gasteiger partial charge in [-0.25, -0.2) is 15.0 Å². The summed E-state index contributed by atoms with van der Waals surface area (Å²) in [6, 6.07) is 48.6. The van der Waals surface area contributed by atoms with E-state index in [1.807, 2.05) is 47.7 Å². The molecule has 0 fully saturated rings. The van der Waals surface area contributed by atoms with Crippen molar-refractivity contribution < 1.29 is 0 Å². The molecule has 0 atom stereocenters. The van der Waals surface area contributed by atoms with Gasteiger partial charge < -0.3 is 0 Å². The lowest BCUT2D eigenvalue weighted by molar-refractivity contribution is 1.08. The van der Waals surface area contributed by atoms with E-state index in [1.54, 1.807) is 0 Å². The van der Waals surface area contributed by atoms with Crippen LogP contribution >= 0.6 is 11.3 Å². The van der Waals surface area contributed by atoms with Gasteiger partial charge in [0, 0.05) is 36.9 Å². The van der Waals surface area contributed by atoms with Crippen LogP contribution in [0.1, 0.15) is 0 Å². The Balaban J connectivity index is 1.32. The van der Waals surface area contributed by atoms with Crippen molar-refractivity contribution in [2.45, 2.75) is 0 Å². The molecular formula is C37H23N3S. The van der Waals surface area contributed by atoms with Gasteiger partial charge in [0.1, 0.15) is 0 Å². The minimum Gasteiger partial charge on any atom is -0.208 e. The molecule has 0 aliphatic carbocycles. The van der Waals surface area contributed by atoms with Crippen LogP contribution in [-0.4, -0.2) is 15.0 Å². The second kappa shape index (κ2) is 9.77. The smallest absolute Gasteiger partial charge is 0.164 e. The summed E-state index contributed by atoms with van der Waals surface area (Å²) in [7, 11) is 0. The zero-order valence-electron chi connectivity index (χ0n) is 22.0. The number of rotatable bonds is 4. The maximum atomic E-state index is 5.06. The number of benzene rings is 6. The molecule has 2 heterocycles. The summed E-state index contributed by atoms with van der Waals surface area (Å²) in [5, 5.41) is 4.90. The zero-order valence-corrected chi connectivity index (χ0v) is 22.8. The monoisotopic (exact) mass is 541 g/mol. The molecule has 0 saturated carbocycles. The molecule has 8 aromatic rings. The second-order valence-electron chi connectivity index (χ2n) is 10.1. The summed E-state index contributed by atoms with van der Waals surface area (Å²) in [5.74, 6) is 2.00. The third kappa shape index (κ3) is 4.26. The third-order valence-corrected chi connectivity index (χ3v) is 8.67. The molecule has 4 heteroatoms. The Bertz CT molecular complexity index is 2180. The van der Waals surface area contributed by atoms with Crippen LogP contribution in [-0.2, 0) is 0 Å². The van der Waals surface area contributed by atoms with Gasteiger partial charge in [-0.1, -0.05) is 121 Å². The molecule has 0 saturated heterocycles. The highest BCUT2D eigenvalue weighted by Gasteiger charge is 2.16. The van der Waals surface area contributed by atoms with Crippen molar-refractivity contribution in [2.24, 2.45) is 0 Å². The largest absolute Gasteiger partial charge is 0.208 e. The molecule has 0 unspecified atom stereocenters. The fraction of sp³-hybridized carbons (Fsp3) is 0. The van der Waals surface area contributed by atoms with Gasteiger partial charge in [-0.15, -0.1) is 11.3 Å². The Morgan fingerprint density at radius 2 is 0.951 bits per heavy atom. The molecule has 41 heavy (non-hydrogen) atoms. The van der Waals surface area contributed by atoms with E-state index in [-0.39, 0.29) is 0 Å². The first-order chi connectivity index (χ1) is 20.3. The highest BCUT2D eigenvalue weighted by Crippen LogP contribution is 2.39. The third-order valence-electron chi connectivity index (χ3n) is 7.54. The van der Waals surface area contributed by atoms with Gasteiger partial charge >= 0.3 is 0 Å². The van der Waals surface area contributed by atoms with E-state index >= 15 is 0 Å². The summed E-state index contributed by atoms with van der Waals surface area (Å²) < 4.78 is 2.56. The Morgan fingerprint density at radius 1 is 0.366 bits per heavy atom. The van der Waals surface area contributed by atoms with Gasteiger partial charge in [-0.2, -0.15) is 0 Å². The van der Waals surface area contributed by atoms with Crippen molar-refractivity contribution >= 4 is 42.3 Å². The first kappa shape index (κ1) is 23.7. The van der Waals surface area contributed by atoms with Crippen molar-refractivity contribution in [3.8, 4) is 45.3 Å². The highest BCUT2D eigenvalue weighted by atomic mass is 32.1. The first-order valence-electron chi connectivity index (χ1n) is 13.6. The molecule has 8 rings (SSSR count). The first-order valence-corrected chi connectivity index (χ1v) is 14.4. The van der Waals surface area contributed by atoms with Gasteiger partial charge in [0.05, 0.1) is 0 Å². The summed E-state index contributed by atoms with van der Waals surface area (Å²) in [4.78, 5) is 15.0. The van der Waals surface area contributed by atoms with E-state index in [4.69, 9.17) is 15.0 Å². The number of fused-ring (bicyclic) bond motifs is 4. The lowest BCUT2D eigenvalue weighted by Gasteiger charge is -2.11. The van der Waals surface area contributed by atoms with E-state index in [2.05, 4.69) is 103 Å². The van der Waals surface area contributed by atoms with E-state index in [0.29, 0.717) is 17.5 Å². The van der Waals surface area contributed by atoms with Gasteiger partial charge in [-0.05, 0) is 40.1 Å². The molecule has 192 valence electrons. The minimum atomic E-state index is 0.661. The molecule has 0 N–H and O–H groups in total. The Labute approximate surface area is 241 Å². The molecule has 2 aromatic heterocycles. The van der Waals surface area contributed by atoms with E-state index in [1.165, 1.54) is 31.1 Å². The standard InChI is InChI=1S/C37H23N3S/c1-3-10-24(11-4-1)25-18-20-27(21-19-25)36-38-35(26-12-5-2-6-13-26)39-37(40-36)30-16-9-14-28-22-32-29-15-7-8-17-33(29)41-34(32)23-31(28)30/h1-23H. The lowest BCUT2D eigenvalue weighted by Crippen LogP contribution is -2.00. The maximum absolute atomic E-state index is 5.06. The molecule has 6 aromatic carbocycles. The summed E-state index contributed by atoms with van der Waals surface area (Å²) in [6.45, 7) is 0. The topological polar surface area (TPSA) is 38.7 Å². The molecular weight excluding hydrogens is 518 g/mol. The fourth-order valence-corrected chi connectivity index (χ4v) is 6.60. The average Bonchev–Trinajstić information content (AvgIpc) is 3.41. The molecule has 0 aliphatic heterocycles. The highest BCUT2D eigenvalue weighted by molar-refractivity contribution is 7.25. The predicted octanol–water partition coefficient (Wildman–Crippen LogP) is 10.1. The van der Waals surface area contributed by atoms with Crippen molar-refractivity contribution in [3.05, 3.63) is 140 Å². The summed E-state index contributed by atoms with van der Waals surface area (Å²) in [6.07, 6.45) is 0. The summed E-state index contributed by atoms with van der Waals surface area (Å²) >= 11 is 1.83. The minimum absolute atomic E-state index is 0.661. The molecule has 0 bridgehead atoms. The lowest BCUT2D eigenvalue weighted by atomic mass is 10.0. The zero-order chi connectivity index (χ0) is 27.2.